The van der Waals surface area contributed by atoms with Crippen LogP contribution in [-0.4, -0.2) is 22.7 Å². The summed E-state index contributed by atoms with van der Waals surface area (Å²) in [5.41, 5.74) is 2.04. The van der Waals surface area contributed by atoms with Crippen LogP contribution in [0.15, 0.2) is 41.9 Å². The summed E-state index contributed by atoms with van der Waals surface area (Å²) in [4.78, 5) is 20.8. The van der Waals surface area contributed by atoms with Gasteiger partial charge in [-0.25, -0.2) is 9.97 Å². The SMILES string of the molecule is Cc1cccnc1NC(=O)c1csc(Nc2ccc3c(c2)OCO3)n1. The summed E-state index contributed by atoms with van der Waals surface area (Å²) in [6.07, 6.45) is 1.64. The van der Waals surface area contributed by atoms with Crippen LogP contribution in [0.5, 0.6) is 11.5 Å². The van der Waals surface area contributed by atoms with Crippen molar-refractivity contribution in [1.29, 1.82) is 0 Å². The smallest absolute Gasteiger partial charge is 0.276 e. The van der Waals surface area contributed by atoms with Crippen LogP contribution >= 0.6 is 11.3 Å². The fraction of sp³-hybridized carbons (Fsp3) is 0.118. The highest BCUT2D eigenvalue weighted by Crippen LogP contribution is 2.35. The predicted octanol–water partition coefficient (Wildman–Crippen LogP) is 3.57. The number of hydrogen-bond acceptors (Lipinski definition) is 7. The highest BCUT2D eigenvalue weighted by Gasteiger charge is 2.15. The summed E-state index contributed by atoms with van der Waals surface area (Å²) in [5, 5.41) is 8.24. The number of nitrogens with one attached hydrogen (secondary N) is 2. The van der Waals surface area contributed by atoms with Crippen LogP contribution in [-0.2, 0) is 0 Å². The Morgan fingerprint density at radius 3 is 3.00 bits per heavy atom. The molecule has 0 spiro atoms. The number of aromatic nitrogens is 2. The van der Waals surface area contributed by atoms with E-state index in [1.165, 1.54) is 11.3 Å². The van der Waals surface area contributed by atoms with E-state index in [1.54, 1.807) is 11.6 Å². The van der Waals surface area contributed by atoms with Crippen molar-refractivity contribution < 1.29 is 14.3 Å². The van der Waals surface area contributed by atoms with Crippen LogP contribution in [0.4, 0.5) is 16.6 Å². The maximum absolute atomic E-state index is 12.3. The summed E-state index contributed by atoms with van der Waals surface area (Å²) in [6.45, 7) is 2.11. The Bertz CT molecular complexity index is 941. The van der Waals surface area contributed by atoms with Gasteiger partial charge < -0.3 is 20.1 Å². The average molecular weight is 354 g/mol. The Kier molecular flexibility index (Phi) is 3.95. The second-order valence-corrected chi connectivity index (χ2v) is 6.21. The first-order valence-electron chi connectivity index (χ1n) is 7.54. The molecule has 4 rings (SSSR count). The highest BCUT2D eigenvalue weighted by atomic mass is 32.1. The van der Waals surface area contributed by atoms with Gasteiger partial charge in [0.2, 0.25) is 6.79 Å². The normalized spacial score (nSPS) is 12.0. The summed E-state index contributed by atoms with van der Waals surface area (Å²) < 4.78 is 10.6. The fourth-order valence-electron chi connectivity index (χ4n) is 2.32. The van der Waals surface area contributed by atoms with Crippen molar-refractivity contribution in [3.63, 3.8) is 0 Å². The summed E-state index contributed by atoms with van der Waals surface area (Å²) in [6, 6.07) is 9.24. The number of thiazole rings is 1. The first kappa shape index (κ1) is 15.4. The van der Waals surface area contributed by atoms with Crippen molar-refractivity contribution >= 4 is 33.9 Å². The van der Waals surface area contributed by atoms with Crippen LogP contribution < -0.4 is 20.1 Å². The van der Waals surface area contributed by atoms with Crippen molar-refractivity contribution in [2.75, 3.05) is 17.4 Å². The lowest BCUT2D eigenvalue weighted by atomic mass is 10.3. The number of carbonyl (C=O) groups excluding carboxylic acids is 1. The minimum Gasteiger partial charge on any atom is -0.454 e. The maximum atomic E-state index is 12.3. The number of hydrogen-bond donors (Lipinski definition) is 2. The highest BCUT2D eigenvalue weighted by molar-refractivity contribution is 7.14. The van der Waals surface area contributed by atoms with E-state index in [-0.39, 0.29) is 12.7 Å². The lowest BCUT2D eigenvalue weighted by Gasteiger charge is -2.05. The molecule has 0 unspecified atom stereocenters. The molecule has 8 heteroatoms. The molecule has 0 radical (unpaired) electrons. The summed E-state index contributed by atoms with van der Waals surface area (Å²) in [5.74, 6) is 1.64. The summed E-state index contributed by atoms with van der Waals surface area (Å²) >= 11 is 1.35. The van der Waals surface area contributed by atoms with Crippen LogP contribution in [0.3, 0.4) is 0 Å². The Labute approximate surface area is 147 Å². The van der Waals surface area contributed by atoms with Gasteiger partial charge in [0.25, 0.3) is 5.91 Å². The van der Waals surface area contributed by atoms with Crippen molar-refractivity contribution in [3.05, 3.63) is 53.2 Å². The van der Waals surface area contributed by atoms with E-state index in [4.69, 9.17) is 9.47 Å². The van der Waals surface area contributed by atoms with E-state index in [2.05, 4.69) is 20.6 Å². The zero-order valence-electron chi connectivity index (χ0n) is 13.3. The molecule has 7 nitrogen and oxygen atoms in total. The number of benzene rings is 1. The molecule has 0 saturated carbocycles. The van der Waals surface area contributed by atoms with Gasteiger partial charge in [0.15, 0.2) is 16.6 Å². The van der Waals surface area contributed by atoms with Crippen LogP contribution in [0.25, 0.3) is 0 Å². The Morgan fingerprint density at radius 2 is 2.12 bits per heavy atom. The Balaban J connectivity index is 1.46. The van der Waals surface area contributed by atoms with Crippen molar-refractivity contribution in [1.82, 2.24) is 9.97 Å². The van der Waals surface area contributed by atoms with E-state index in [1.807, 2.05) is 37.3 Å². The molecule has 0 fully saturated rings. The largest absolute Gasteiger partial charge is 0.454 e. The molecule has 0 atom stereocenters. The van der Waals surface area contributed by atoms with E-state index >= 15 is 0 Å². The quantitative estimate of drug-likeness (QED) is 0.745. The first-order valence-corrected chi connectivity index (χ1v) is 8.42. The summed E-state index contributed by atoms with van der Waals surface area (Å²) in [7, 11) is 0. The van der Waals surface area contributed by atoms with Gasteiger partial charge in [0, 0.05) is 23.3 Å². The minimum atomic E-state index is -0.295. The van der Waals surface area contributed by atoms with Gasteiger partial charge in [0.05, 0.1) is 0 Å². The number of carbonyl (C=O) groups is 1. The zero-order valence-corrected chi connectivity index (χ0v) is 14.1. The third-order valence-electron chi connectivity index (χ3n) is 3.60. The number of nitrogens with zero attached hydrogens (tertiary/aromatic N) is 2. The molecule has 1 amide bonds. The van der Waals surface area contributed by atoms with Gasteiger partial charge in [-0.1, -0.05) is 6.07 Å². The predicted molar refractivity (Wildman–Crippen MR) is 94.9 cm³/mol. The fourth-order valence-corrected chi connectivity index (χ4v) is 3.03. The molecular weight excluding hydrogens is 340 g/mol. The number of rotatable bonds is 4. The third-order valence-corrected chi connectivity index (χ3v) is 4.36. The molecule has 1 aliphatic rings. The number of amides is 1. The molecule has 1 aliphatic heterocycles. The number of fused-ring (bicyclic) bond motifs is 1. The molecule has 0 saturated heterocycles. The molecule has 126 valence electrons. The Hall–Kier alpha value is -3.13. The second kappa shape index (κ2) is 6.40. The van der Waals surface area contributed by atoms with Gasteiger partial charge in [-0.15, -0.1) is 11.3 Å². The number of anilines is 3. The molecule has 3 aromatic rings. The van der Waals surface area contributed by atoms with E-state index < -0.39 is 0 Å². The molecule has 25 heavy (non-hydrogen) atoms. The Morgan fingerprint density at radius 1 is 1.24 bits per heavy atom. The first-order chi connectivity index (χ1) is 12.2. The van der Waals surface area contributed by atoms with Crippen molar-refractivity contribution in [2.24, 2.45) is 0 Å². The average Bonchev–Trinajstić information content (AvgIpc) is 3.26. The van der Waals surface area contributed by atoms with Gasteiger partial charge in [-0.2, -0.15) is 0 Å². The van der Waals surface area contributed by atoms with E-state index in [0.29, 0.717) is 22.4 Å². The number of pyridine rings is 1. The van der Waals surface area contributed by atoms with Crippen molar-refractivity contribution in [3.8, 4) is 11.5 Å². The third kappa shape index (κ3) is 3.24. The molecule has 2 N–H and O–H groups in total. The monoisotopic (exact) mass is 354 g/mol. The van der Waals surface area contributed by atoms with E-state index in [9.17, 15) is 4.79 Å². The molecule has 2 aromatic heterocycles. The number of ether oxygens (including phenoxy) is 2. The second-order valence-electron chi connectivity index (χ2n) is 5.35. The molecule has 3 heterocycles. The van der Waals surface area contributed by atoms with Crippen LogP contribution in [0.1, 0.15) is 16.1 Å². The number of aryl methyl sites for hydroxylation is 1. The van der Waals surface area contributed by atoms with Gasteiger partial charge in [0.1, 0.15) is 11.5 Å². The lowest BCUT2D eigenvalue weighted by molar-refractivity contribution is 0.102. The van der Waals surface area contributed by atoms with Crippen LogP contribution in [0, 0.1) is 6.92 Å². The molecule has 1 aromatic carbocycles. The zero-order chi connectivity index (χ0) is 17.2. The van der Waals surface area contributed by atoms with Gasteiger partial charge in [-0.05, 0) is 30.7 Å². The van der Waals surface area contributed by atoms with Crippen LogP contribution in [0.2, 0.25) is 0 Å². The topological polar surface area (TPSA) is 85.4 Å². The van der Waals surface area contributed by atoms with Gasteiger partial charge in [-0.3, -0.25) is 4.79 Å². The minimum absolute atomic E-state index is 0.229. The standard InChI is InChI=1S/C17H14N4O3S/c1-10-3-2-6-18-15(10)21-16(22)12-8-25-17(20-12)19-11-4-5-13-14(7-11)24-9-23-13/h2-8H,9H2,1H3,(H,19,20)(H,18,21,22). The lowest BCUT2D eigenvalue weighted by Crippen LogP contribution is -2.14. The molecule has 0 bridgehead atoms. The maximum Gasteiger partial charge on any atom is 0.276 e. The van der Waals surface area contributed by atoms with E-state index in [0.717, 1.165) is 17.0 Å². The van der Waals surface area contributed by atoms with Crippen molar-refractivity contribution in [2.45, 2.75) is 6.92 Å². The molecular formula is C17H14N4O3S. The van der Waals surface area contributed by atoms with Gasteiger partial charge >= 0.3 is 0 Å². The molecule has 0 aliphatic carbocycles.